The van der Waals surface area contributed by atoms with Crippen LogP contribution in [-0.2, 0) is 10.0 Å². The molecule has 2 unspecified atom stereocenters. The minimum atomic E-state index is -3.10. The predicted octanol–water partition coefficient (Wildman–Crippen LogP) is 1.18. The van der Waals surface area contributed by atoms with E-state index in [0.29, 0.717) is 13.1 Å². The van der Waals surface area contributed by atoms with E-state index in [-0.39, 0.29) is 17.7 Å². The molecule has 0 aliphatic carbocycles. The number of rotatable bonds is 5. The van der Waals surface area contributed by atoms with Crippen LogP contribution in [0.5, 0.6) is 0 Å². The van der Waals surface area contributed by atoms with Crippen LogP contribution < -0.4 is 5.73 Å². The SMILES string of the molecule is CCC(C)CS(=O)(=O)N1CCCCC1CN. The van der Waals surface area contributed by atoms with Gasteiger partial charge in [-0.15, -0.1) is 0 Å². The fourth-order valence-corrected chi connectivity index (χ4v) is 4.35. The van der Waals surface area contributed by atoms with E-state index < -0.39 is 10.0 Å². The van der Waals surface area contributed by atoms with Crippen molar-refractivity contribution in [3.05, 3.63) is 0 Å². The van der Waals surface area contributed by atoms with Gasteiger partial charge in [0.05, 0.1) is 5.75 Å². The standard InChI is InChI=1S/C11H24N2O2S/c1-3-10(2)9-16(14,15)13-7-5-4-6-11(13)8-12/h10-11H,3-9,12H2,1-2H3. The van der Waals surface area contributed by atoms with Gasteiger partial charge in [-0.2, -0.15) is 4.31 Å². The Morgan fingerprint density at radius 1 is 1.44 bits per heavy atom. The summed E-state index contributed by atoms with van der Waals surface area (Å²) in [6.45, 7) is 5.11. The number of nitrogens with zero attached hydrogens (tertiary/aromatic N) is 1. The van der Waals surface area contributed by atoms with Crippen molar-refractivity contribution < 1.29 is 8.42 Å². The third-order valence-electron chi connectivity index (χ3n) is 3.39. The van der Waals surface area contributed by atoms with Crippen molar-refractivity contribution in [2.45, 2.75) is 45.6 Å². The second-order valence-electron chi connectivity index (χ2n) is 4.79. The first-order valence-corrected chi connectivity index (χ1v) is 7.81. The predicted molar refractivity (Wildman–Crippen MR) is 66.6 cm³/mol. The van der Waals surface area contributed by atoms with Crippen LogP contribution in [0.2, 0.25) is 0 Å². The van der Waals surface area contributed by atoms with Crippen molar-refractivity contribution in [2.24, 2.45) is 11.7 Å². The van der Waals surface area contributed by atoms with E-state index in [0.717, 1.165) is 25.7 Å². The van der Waals surface area contributed by atoms with Crippen LogP contribution in [-0.4, -0.2) is 37.6 Å². The maximum atomic E-state index is 12.2. The molecule has 0 aromatic carbocycles. The average Bonchev–Trinajstić information content (AvgIpc) is 2.28. The maximum Gasteiger partial charge on any atom is 0.214 e. The molecule has 0 aromatic rings. The number of sulfonamides is 1. The van der Waals surface area contributed by atoms with Gasteiger partial charge in [0.25, 0.3) is 0 Å². The molecule has 4 nitrogen and oxygen atoms in total. The number of hydrogen-bond acceptors (Lipinski definition) is 3. The minimum absolute atomic E-state index is 0.0304. The molecular formula is C11H24N2O2S. The summed E-state index contributed by atoms with van der Waals surface area (Å²) in [6, 6.07) is 0.0304. The van der Waals surface area contributed by atoms with Crippen LogP contribution in [0.4, 0.5) is 0 Å². The Kier molecular flexibility index (Phi) is 5.21. The quantitative estimate of drug-likeness (QED) is 0.794. The Balaban J connectivity index is 2.72. The summed E-state index contributed by atoms with van der Waals surface area (Å²) in [5.74, 6) is 0.491. The van der Waals surface area contributed by atoms with E-state index in [9.17, 15) is 8.42 Å². The molecule has 1 fully saturated rings. The summed E-state index contributed by atoms with van der Waals surface area (Å²) in [4.78, 5) is 0. The second-order valence-corrected chi connectivity index (χ2v) is 6.75. The third kappa shape index (κ3) is 3.43. The highest BCUT2D eigenvalue weighted by molar-refractivity contribution is 7.89. The average molecular weight is 248 g/mol. The number of nitrogens with two attached hydrogens (primary N) is 1. The molecule has 1 aliphatic rings. The molecule has 0 bridgehead atoms. The Labute approximate surface area is 99.2 Å². The van der Waals surface area contributed by atoms with Crippen LogP contribution in [0.3, 0.4) is 0 Å². The molecule has 1 saturated heterocycles. The van der Waals surface area contributed by atoms with E-state index >= 15 is 0 Å². The summed E-state index contributed by atoms with van der Waals surface area (Å²) >= 11 is 0. The van der Waals surface area contributed by atoms with E-state index in [2.05, 4.69) is 0 Å². The van der Waals surface area contributed by atoms with Crippen molar-refractivity contribution >= 4 is 10.0 Å². The van der Waals surface area contributed by atoms with E-state index in [1.54, 1.807) is 4.31 Å². The third-order valence-corrected chi connectivity index (χ3v) is 5.58. The molecule has 0 radical (unpaired) electrons. The Morgan fingerprint density at radius 2 is 2.12 bits per heavy atom. The van der Waals surface area contributed by atoms with Gasteiger partial charge in [0.2, 0.25) is 10.0 Å². The summed E-state index contributed by atoms with van der Waals surface area (Å²) in [5, 5.41) is 0. The summed E-state index contributed by atoms with van der Waals surface area (Å²) in [6.07, 6.45) is 3.88. The van der Waals surface area contributed by atoms with Crippen molar-refractivity contribution in [3.63, 3.8) is 0 Å². The molecule has 1 heterocycles. The first-order valence-electron chi connectivity index (χ1n) is 6.20. The van der Waals surface area contributed by atoms with Gasteiger partial charge in [0, 0.05) is 19.1 Å². The highest BCUT2D eigenvalue weighted by Gasteiger charge is 2.31. The Morgan fingerprint density at radius 3 is 2.69 bits per heavy atom. The van der Waals surface area contributed by atoms with Gasteiger partial charge in [-0.05, 0) is 18.8 Å². The lowest BCUT2D eigenvalue weighted by Crippen LogP contribution is -2.48. The number of hydrogen-bond donors (Lipinski definition) is 1. The second kappa shape index (κ2) is 5.98. The zero-order valence-corrected chi connectivity index (χ0v) is 11.2. The van der Waals surface area contributed by atoms with Crippen molar-refractivity contribution in [1.82, 2.24) is 4.31 Å². The fraction of sp³-hybridized carbons (Fsp3) is 1.00. The summed E-state index contributed by atoms with van der Waals surface area (Å²) < 4.78 is 26.0. The lowest BCUT2D eigenvalue weighted by Gasteiger charge is -2.34. The van der Waals surface area contributed by atoms with Crippen LogP contribution in [0.1, 0.15) is 39.5 Å². The van der Waals surface area contributed by atoms with Crippen molar-refractivity contribution in [2.75, 3.05) is 18.8 Å². The van der Waals surface area contributed by atoms with Crippen LogP contribution in [0, 0.1) is 5.92 Å². The van der Waals surface area contributed by atoms with E-state index in [1.165, 1.54) is 0 Å². The molecule has 0 saturated carbocycles. The Hall–Kier alpha value is -0.130. The van der Waals surface area contributed by atoms with Gasteiger partial charge in [-0.3, -0.25) is 0 Å². The highest BCUT2D eigenvalue weighted by atomic mass is 32.2. The van der Waals surface area contributed by atoms with Crippen molar-refractivity contribution in [1.29, 1.82) is 0 Å². The van der Waals surface area contributed by atoms with E-state index in [1.807, 2.05) is 13.8 Å². The van der Waals surface area contributed by atoms with E-state index in [4.69, 9.17) is 5.73 Å². The van der Waals surface area contributed by atoms with Crippen molar-refractivity contribution in [3.8, 4) is 0 Å². The lowest BCUT2D eigenvalue weighted by atomic mass is 10.1. The van der Waals surface area contributed by atoms with Crippen LogP contribution in [0.25, 0.3) is 0 Å². The molecule has 0 spiro atoms. The van der Waals surface area contributed by atoms with Gasteiger partial charge >= 0.3 is 0 Å². The summed E-state index contributed by atoms with van der Waals surface area (Å²) in [7, 11) is -3.10. The number of piperidine rings is 1. The molecular weight excluding hydrogens is 224 g/mol. The largest absolute Gasteiger partial charge is 0.329 e. The fourth-order valence-electron chi connectivity index (χ4n) is 2.15. The van der Waals surface area contributed by atoms with Gasteiger partial charge in [-0.25, -0.2) is 8.42 Å². The molecule has 0 amide bonds. The first-order chi connectivity index (χ1) is 7.51. The molecule has 16 heavy (non-hydrogen) atoms. The first kappa shape index (κ1) is 13.9. The monoisotopic (exact) mass is 248 g/mol. The van der Waals surface area contributed by atoms with Gasteiger partial charge < -0.3 is 5.73 Å². The zero-order chi connectivity index (χ0) is 12.2. The molecule has 1 aliphatic heterocycles. The maximum absolute atomic E-state index is 12.2. The molecule has 0 aromatic heterocycles. The topological polar surface area (TPSA) is 63.4 Å². The molecule has 2 N–H and O–H groups in total. The minimum Gasteiger partial charge on any atom is -0.329 e. The van der Waals surface area contributed by atoms with Gasteiger partial charge in [0.15, 0.2) is 0 Å². The summed E-state index contributed by atoms with van der Waals surface area (Å²) in [5.41, 5.74) is 5.65. The highest BCUT2D eigenvalue weighted by Crippen LogP contribution is 2.21. The molecule has 96 valence electrons. The normalized spacial score (nSPS) is 25.6. The van der Waals surface area contributed by atoms with Crippen LogP contribution in [0.15, 0.2) is 0 Å². The molecule has 1 rings (SSSR count). The Bertz CT molecular complexity index is 303. The van der Waals surface area contributed by atoms with Gasteiger partial charge in [-0.1, -0.05) is 26.7 Å². The molecule has 2 atom stereocenters. The van der Waals surface area contributed by atoms with Crippen LogP contribution >= 0.6 is 0 Å². The molecule has 5 heteroatoms. The van der Waals surface area contributed by atoms with Gasteiger partial charge in [0.1, 0.15) is 0 Å². The lowest BCUT2D eigenvalue weighted by molar-refractivity contribution is 0.256. The smallest absolute Gasteiger partial charge is 0.214 e. The zero-order valence-electron chi connectivity index (χ0n) is 10.4.